The number of benzene rings is 3. The van der Waals surface area contributed by atoms with Crippen LogP contribution >= 0.6 is 0 Å². The summed E-state index contributed by atoms with van der Waals surface area (Å²) in [6, 6.07) is 18.2. The number of carbonyl (C=O) groups excluding carboxylic acids is 1. The first-order valence-corrected chi connectivity index (χ1v) is 7.77. The largest absolute Gasteiger partial charge is 0.415 e. The maximum Gasteiger partial charge on any atom is 0.415 e. The van der Waals surface area contributed by atoms with E-state index < -0.39 is 0 Å². The fourth-order valence-electron chi connectivity index (χ4n) is 2.96. The van der Waals surface area contributed by atoms with E-state index in [0.717, 1.165) is 16.2 Å². The molecule has 1 aliphatic rings. The quantitative estimate of drug-likeness (QED) is 0.641. The molecule has 4 heteroatoms. The Morgan fingerprint density at radius 2 is 1.61 bits per heavy atom. The molecule has 0 radical (unpaired) electrons. The van der Waals surface area contributed by atoms with Crippen LogP contribution in [0.4, 0.5) is 4.79 Å². The lowest BCUT2D eigenvalue weighted by Crippen LogP contribution is -2.42. The third-order valence-electron chi connectivity index (χ3n) is 4.19. The smallest absolute Gasteiger partial charge is 0.410 e. The first-order chi connectivity index (χ1) is 11.3. The van der Waals surface area contributed by atoms with E-state index >= 15 is 0 Å². The van der Waals surface area contributed by atoms with Gasteiger partial charge < -0.3 is 14.4 Å². The third kappa shape index (κ3) is 2.73. The average molecular weight is 307 g/mol. The molecule has 0 atom stereocenters. The average Bonchev–Trinajstić information content (AvgIpc) is 2.62. The van der Waals surface area contributed by atoms with Crippen LogP contribution in [0, 0.1) is 0 Å². The predicted octanol–water partition coefficient (Wildman–Crippen LogP) is 3.82. The minimum atomic E-state index is -0.312. The molecule has 0 aromatic heterocycles. The Bertz CT molecular complexity index is 869. The summed E-state index contributed by atoms with van der Waals surface area (Å²) in [6.07, 6.45) is -0.312. The van der Waals surface area contributed by atoms with Crippen LogP contribution in [0.25, 0.3) is 21.5 Å². The number of fused-ring (bicyclic) bond motifs is 3. The number of morpholine rings is 1. The zero-order chi connectivity index (χ0) is 15.6. The molecule has 116 valence electrons. The van der Waals surface area contributed by atoms with E-state index in [9.17, 15) is 4.79 Å². The van der Waals surface area contributed by atoms with Crippen molar-refractivity contribution in [2.24, 2.45) is 0 Å². The van der Waals surface area contributed by atoms with Crippen molar-refractivity contribution in [2.45, 2.75) is 0 Å². The number of nitrogens with zero attached hydrogens (tertiary/aromatic N) is 1. The molecule has 0 N–H and O–H groups in total. The molecule has 1 heterocycles. The van der Waals surface area contributed by atoms with Gasteiger partial charge in [-0.3, -0.25) is 0 Å². The number of carbonyl (C=O) groups is 1. The summed E-state index contributed by atoms with van der Waals surface area (Å²) >= 11 is 0. The molecule has 4 nitrogen and oxygen atoms in total. The van der Waals surface area contributed by atoms with Gasteiger partial charge in [0.15, 0.2) is 0 Å². The van der Waals surface area contributed by atoms with Crippen LogP contribution in [0.3, 0.4) is 0 Å². The van der Waals surface area contributed by atoms with E-state index in [1.807, 2.05) is 30.3 Å². The molecule has 1 fully saturated rings. The third-order valence-corrected chi connectivity index (χ3v) is 4.19. The summed E-state index contributed by atoms with van der Waals surface area (Å²) in [7, 11) is 0. The van der Waals surface area contributed by atoms with Crippen LogP contribution in [0.15, 0.2) is 54.6 Å². The summed E-state index contributed by atoms with van der Waals surface area (Å²) in [5.74, 6) is 0.574. The molecule has 3 aromatic carbocycles. The summed E-state index contributed by atoms with van der Waals surface area (Å²) in [6.45, 7) is 2.29. The Kier molecular flexibility index (Phi) is 3.60. The lowest BCUT2D eigenvalue weighted by atomic mass is 10.0. The van der Waals surface area contributed by atoms with Crippen LogP contribution in [0.5, 0.6) is 5.75 Å². The molecule has 3 aromatic rings. The van der Waals surface area contributed by atoms with Gasteiger partial charge in [-0.25, -0.2) is 4.79 Å². The first kappa shape index (κ1) is 14.0. The minimum absolute atomic E-state index is 0.312. The summed E-state index contributed by atoms with van der Waals surface area (Å²) in [5.41, 5.74) is 0. The van der Waals surface area contributed by atoms with Crippen LogP contribution in [0.2, 0.25) is 0 Å². The molecule has 0 bridgehead atoms. The lowest BCUT2D eigenvalue weighted by molar-refractivity contribution is 0.0416. The van der Waals surface area contributed by atoms with Crippen LogP contribution in [-0.2, 0) is 4.74 Å². The SMILES string of the molecule is O=C(Oc1ccc2ccc3ccccc3c2c1)N1CCOCC1. The van der Waals surface area contributed by atoms with Gasteiger partial charge in [0.25, 0.3) is 0 Å². The molecule has 4 rings (SSSR count). The first-order valence-electron chi connectivity index (χ1n) is 7.77. The van der Waals surface area contributed by atoms with E-state index in [1.165, 1.54) is 5.39 Å². The fourth-order valence-corrected chi connectivity index (χ4v) is 2.96. The second-order valence-electron chi connectivity index (χ2n) is 5.64. The lowest BCUT2D eigenvalue weighted by Gasteiger charge is -2.25. The summed E-state index contributed by atoms with van der Waals surface area (Å²) in [5, 5.41) is 4.57. The van der Waals surface area contributed by atoms with Gasteiger partial charge in [-0.2, -0.15) is 0 Å². The molecule has 1 amide bonds. The van der Waals surface area contributed by atoms with Gasteiger partial charge in [0.05, 0.1) is 13.2 Å². The van der Waals surface area contributed by atoms with Gasteiger partial charge >= 0.3 is 6.09 Å². The molecular formula is C19H17NO3. The Morgan fingerprint density at radius 1 is 0.913 bits per heavy atom. The topological polar surface area (TPSA) is 38.8 Å². The van der Waals surface area contributed by atoms with Gasteiger partial charge in [-0.1, -0.05) is 42.5 Å². The highest BCUT2D eigenvalue weighted by molar-refractivity contribution is 6.07. The summed E-state index contributed by atoms with van der Waals surface area (Å²) in [4.78, 5) is 13.9. The van der Waals surface area contributed by atoms with Crippen molar-refractivity contribution in [1.82, 2.24) is 4.90 Å². The van der Waals surface area contributed by atoms with Crippen molar-refractivity contribution in [3.05, 3.63) is 54.6 Å². The van der Waals surface area contributed by atoms with E-state index in [0.29, 0.717) is 32.1 Å². The van der Waals surface area contributed by atoms with E-state index in [2.05, 4.69) is 24.3 Å². The Labute approximate surface area is 134 Å². The molecule has 1 saturated heterocycles. The second kappa shape index (κ2) is 5.89. The summed E-state index contributed by atoms with van der Waals surface area (Å²) < 4.78 is 10.8. The fraction of sp³-hybridized carbons (Fsp3) is 0.211. The zero-order valence-corrected chi connectivity index (χ0v) is 12.7. The normalized spacial score (nSPS) is 15.0. The number of amides is 1. The maximum atomic E-state index is 12.2. The Balaban J connectivity index is 1.67. The number of hydrogen-bond acceptors (Lipinski definition) is 3. The van der Waals surface area contributed by atoms with Crippen molar-refractivity contribution < 1.29 is 14.3 Å². The highest BCUT2D eigenvalue weighted by Crippen LogP contribution is 2.28. The van der Waals surface area contributed by atoms with Gasteiger partial charge in [-0.05, 0) is 33.7 Å². The van der Waals surface area contributed by atoms with Gasteiger partial charge in [0.2, 0.25) is 0 Å². The Morgan fingerprint density at radius 3 is 2.43 bits per heavy atom. The molecule has 1 aliphatic heterocycles. The van der Waals surface area contributed by atoms with Crippen molar-refractivity contribution in [1.29, 1.82) is 0 Å². The van der Waals surface area contributed by atoms with Crippen LogP contribution in [-0.4, -0.2) is 37.3 Å². The maximum absolute atomic E-state index is 12.2. The highest BCUT2D eigenvalue weighted by atomic mass is 16.6. The van der Waals surface area contributed by atoms with Crippen molar-refractivity contribution >= 4 is 27.6 Å². The highest BCUT2D eigenvalue weighted by Gasteiger charge is 2.18. The second-order valence-corrected chi connectivity index (χ2v) is 5.64. The molecular weight excluding hydrogens is 290 g/mol. The molecule has 0 unspecified atom stereocenters. The standard InChI is InChI=1S/C19H17NO3/c21-19(20-9-11-22-12-10-20)23-16-8-7-15-6-5-14-3-1-2-4-17(14)18(15)13-16/h1-8,13H,9-12H2. The van der Waals surface area contributed by atoms with Gasteiger partial charge in [0.1, 0.15) is 5.75 Å². The van der Waals surface area contributed by atoms with Gasteiger partial charge in [0, 0.05) is 13.1 Å². The molecule has 23 heavy (non-hydrogen) atoms. The van der Waals surface area contributed by atoms with Crippen LogP contribution < -0.4 is 4.74 Å². The zero-order valence-electron chi connectivity index (χ0n) is 12.7. The number of hydrogen-bond donors (Lipinski definition) is 0. The van der Waals surface area contributed by atoms with Crippen LogP contribution in [0.1, 0.15) is 0 Å². The monoisotopic (exact) mass is 307 g/mol. The van der Waals surface area contributed by atoms with Gasteiger partial charge in [-0.15, -0.1) is 0 Å². The number of rotatable bonds is 1. The van der Waals surface area contributed by atoms with E-state index in [4.69, 9.17) is 9.47 Å². The molecule has 0 aliphatic carbocycles. The number of ether oxygens (including phenoxy) is 2. The van der Waals surface area contributed by atoms with E-state index in [1.54, 1.807) is 4.90 Å². The van der Waals surface area contributed by atoms with Crippen molar-refractivity contribution in [3.63, 3.8) is 0 Å². The van der Waals surface area contributed by atoms with Crippen molar-refractivity contribution in [3.8, 4) is 5.75 Å². The minimum Gasteiger partial charge on any atom is -0.410 e. The Hall–Kier alpha value is -2.59. The molecule has 0 spiro atoms. The molecule has 0 saturated carbocycles. The predicted molar refractivity (Wildman–Crippen MR) is 89.9 cm³/mol. The van der Waals surface area contributed by atoms with Crippen molar-refractivity contribution in [2.75, 3.05) is 26.3 Å². The van der Waals surface area contributed by atoms with E-state index in [-0.39, 0.29) is 6.09 Å².